The highest BCUT2D eigenvalue weighted by molar-refractivity contribution is 9.10. The molecule has 3 aromatic rings. The van der Waals surface area contributed by atoms with E-state index in [0.29, 0.717) is 11.1 Å². The Kier molecular flexibility index (Phi) is 4.85. The van der Waals surface area contributed by atoms with Crippen molar-refractivity contribution >= 4 is 38.4 Å². The molecular formula is C18H16BrN3O3. The number of hydrogen-bond donors (Lipinski definition) is 2. The molecule has 0 saturated heterocycles. The molecular weight excluding hydrogens is 386 g/mol. The average Bonchev–Trinajstić information content (AvgIpc) is 2.87. The molecule has 128 valence electrons. The van der Waals surface area contributed by atoms with Gasteiger partial charge in [0.15, 0.2) is 12.3 Å². The van der Waals surface area contributed by atoms with Crippen molar-refractivity contribution in [2.24, 2.45) is 10.2 Å². The van der Waals surface area contributed by atoms with Crippen LogP contribution in [0.4, 0.5) is 5.69 Å². The first-order valence-corrected chi connectivity index (χ1v) is 8.39. The molecule has 3 rings (SSSR count). The zero-order chi connectivity index (χ0) is 18.0. The van der Waals surface area contributed by atoms with Crippen LogP contribution < -0.4 is 4.74 Å². The third-order valence-electron chi connectivity index (χ3n) is 3.63. The third kappa shape index (κ3) is 3.71. The van der Waals surface area contributed by atoms with Gasteiger partial charge in [0.2, 0.25) is 5.88 Å². The number of rotatable bonds is 4. The number of amides is 1. The van der Waals surface area contributed by atoms with Gasteiger partial charge in [0.05, 0.1) is 9.99 Å². The second-order valence-electron chi connectivity index (χ2n) is 5.64. The number of hydrogen-bond acceptors (Lipinski definition) is 4. The Morgan fingerprint density at radius 1 is 1.28 bits per heavy atom. The van der Waals surface area contributed by atoms with Crippen molar-refractivity contribution in [3.8, 4) is 11.6 Å². The molecule has 1 amide bonds. The quantitative estimate of drug-likeness (QED) is 0.606. The SMILES string of the molecule is Cc1cc(C)c(OCC(=O)N=Nc2c(O)[nH]c3ccccc23)c(Br)c1. The van der Waals surface area contributed by atoms with E-state index in [4.69, 9.17) is 4.74 Å². The molecule has 1 heterocycles. The lowest BCUT2D eigenvalue weighted by Gasteiger charge is -2.10. The molecule has 0 atom stereocenters. The molecule has 0 aliphatic heterocycles. The molecule has 0 spiro atoms. The summed E-state index contributed by atoms with van der Waals surface area (Å²) in [4.78, 5) is 14.7. The summed E-state index contributed by atoms with van der Waals surface area (Å²) in [6.45, 7) is 3.65. The van der Waals surface area contributed by atoms with Crippen LogP contribution in [0.25, 0.3) is 10.9 Å². The Labute approximate surface area is 152 Å². The summed E-state index contributed by atoms with van der Waals surface area (Å²) in [7, 11) is 0. The number of aromatic hydroxyl groups is 1. The van der Waals surface area contributed by atoms with E-state index in [0.717, 1.165) is 21.1 Å². The number of benzene rings is 2. The minimum Gasteiger partial charge on any atom is -0.493 e. The first-order chi connectivity index (χ1) is 12.0. The maximum Gasteiger partial charge on any atom is 0.302 e. The van der Waals surface area contributed by atoms with Crippen LogP contribution in [0.1, 0.15) is 11.1 Å². The number of aromatic nitrogens is 1. The highest BCUT2D eigenvalue weighted by atomic mass is 79.9. The first kappa shape index (κ1) is 17.2. The van der Waals surface area contributed by atoms with Crippen LogP contribution in [0, 0.1) is 13.8 Å². The predicted octanol–water partition coefficient (Wildman–Crippen LogP) is 4.94. The van der Waals surface area contributed by atoms with Gasteiger partial charge in [-0.3, -0.25) is 4.79 Å². The molecule has 2 N–H and O–H groups in total. The number of para-hydroxylation sites is 1. The monoisotopic (exact) mass is 401 g/mol. The van der Waals surface area contributed by atoms with Crippen LogP contribution in [-0.4, -0.2) is 22.6 Å². The molecule has 0 saturated carbocycles. The van der Waals surface area contributed by atoms with Gasteiger partial charge < -0.3 is 14.8 Å². The normalized spacial score (nSPS) is 11.3. The van der Waals surface area contributed by atoms with E-state index in [2.05, 4.69) is 31.1 Å². The predicted molar refractivity (Wildman–Crippen MR) is 98.6 cm³/mol. The molecule has 2 aromatic carbocycles. The lowest BCUT2D eigenvalue weighted by molar-refractivity contribution is -0.120. The number of azo groups is 1. The number of H-pyrrole nitrogens is 1. The summed E-state index contributed by atoms with van der Waals surface area (Å²) >= 11 is 3.43. The van der Waals surface area contributed by atoms with E-state index >= 15 is 0 Å². The lowest BCUT2D eigenvalue weighted by atomic mass is 10.1. The zero-order valence-electron chi connectivity index (χ0n) is 13.7. The van der Waals surface area contributed by atoms with Crippen molar-refractivity contribution in [3.05, 3.63) is 52.0 Å². The number of aromatic amines is 1. The number of carbonyl (C=O) groups is 1. The summed E-state index contributed by atoms with van der Waals surface area (Å²) in [5.74, 6) is -0.0727. The van der Waals surface area contributed by atoms with Crippen LogP contribution in [-0.2, 0) is 4.79 Å². The number of fused-ring (bicyclic) bond motifs is 1. The molecule has 0 bridgehead atoms. The summed E-state index contributed by atoms with van der Waals surface area (Å²) in [6, 6.07) is 11.1. The highest BCUT2D eigenvalue weighted by Gasteiger charge is 2.12. The van der Waals surface area contributed by atoms with Crippen molar-refractivity contribution in [1.29, 1.82) is 0 Å². The van der Waals surface area contributed by atoms with Gasteiger partial charge in [-0.15, -0.1) is 10.2 Å². The van der Waals surface area contributed by atoms with Gasteiger partial charge in [0.1, 0.15) is 5.75 Å². The summed E-state index contributed by atoms with van der Waals surface area (Å²) < 4.78 is 6.33. The lowest BCUT2D eigenvalue weighted by Crippen LogP contribution is -2.09. The summed E-state index contributed by atoms with van der Waals surface area (Å²) in [6.07, 6.45) is 0. The highest BCUT2D eigenvalue weighted by Crippen LogP contribution is 2.35. The fourth-order valence-electron chi connectivity index (χ4n) is 2.57. The fourth-order valence-corrected chi connectivity index (χ4v) is 3.36. The Morgan fingerprint density at radius 2 is 2.04 bits per heavy atom. The third-order valence-corrected chi connectivity index (χ3v) is 4.22. The maximum absolute atomic E-state index is 12.0. The number of ether oxygens (including phenoxy) is 1. The molecule has 7 heteroatoms. The molecule has 0 aliphatic carbocycles. The van der Waals surface area contributed by atoms with Gasteiger partial charge in [-0.25, -0.2) is 0 Å². The molecule has 0 radical (unpaired) electrons. The van der Waals surface area contributed by atoms with E-state index in [1.807, 2.05) is 38.1 Å². The topological polar surface area (TPSA) is 87.0 Å². The van der Waals surface area contributed by atoms with Crippen LogP contribution in [0.5, 0.6) is 11.6 Å². The Hall–Kier alpha value is -2.67. The molecule has 1 aromatic heterocycles. The summed E-state index contributed by atoms with van der Waals surface area (Å²) in [5.41, 5.74) is 2.97. The van der Waals surface area contributed by atoms with E-state index in [1.165, 1.54) is 0 Å². The first-order valence-electron chi connectivity index (χ1n) is 7.59. The Bertz CT molecular complexity index is 956. The van der Waals surface area contributed by atoms with Crippen LogP contribution in [0.2, 0.25) is 0 Å². The average molecular weight is 402 g/mol. The number of halogens is 1. The molecule has 0 unspecified atom stereocenters. The largest absolute Gasteiger partial charge is 0.493 e. The van der Waals surface area contributed by atoms with Gasteiger partial charge in [-0.2, -0.15) is 0 Å². The smallest absolute Gasteiger partial charge is 0.302 e. The number of nitrogens with zero attached hydrogens (tertiary/aromatic N) is 2. The fraction of sp³-hybridized carbons (Fsp3) is 0.167. The second kappa shape index (κ2) is 7.06. The Balaban J connectivity index is 1.72. The minimum atomic E-state index is -0.545. The van der Waals surface area contributed by atoms with E-state index < -0.39 is 5.91 Å². The van der Waals surface area contributed by atoms with Gasteiger partial charge in [0.25, 0.3) is 0 Å². The van der Waals surface area contributed by atoms with Crippen LogP contribution in [0.15, 0.2) is 51.1 Å². The van der Waals surface area contributed by atoms with Gasteiger partial charge in [-0.1, -0.05) is 24.3 Å². The number of carbonyl (C=O) groups excluding carboxylic acids is 1. The van der Waals surface area contributed by atoms with Crippen molar-refractivity contribution < 1.29 is 14.6 Å². The number of nitrogens with one attached hydrogen (secondary N) is 1. The molecule has 0 fully saturated rings. The molecule has 25 heavy (non-hydrogen) atoms. The number of aryl methyl sites for hydroxylation is 2. The van der Waals surface area contributed by atoms with Gasteiger partial charge in [-0.05, 0) is 53.0 Å². The van der Waals surface area contributed by atoms with Crippen molar-refractivity contribution in [3.63, 3.8) is 0 Å². The molecule has 0 aliphatic rings. The second-order valence-corrected chi connectivity index (χ2v) is 6.50. The van der Waals surface area contributed by atoms with Gasteiger partial charge in [0, 0.05) is 5.39 Å². The standard InChI is InChI=1S/C18H16BrN3O3/c1-10-7-11(2)17(13(19)8-10)25-9-15(23)21-22-16-12-5-3-4-6-14(12)20-18(16)24/h3-8,20,24H,9H2,1-2H3. The summed E-state index contributed by atoms with van der Waals surface area (Å²) in [5, 5.41) is 18.1. The van der Waals surface area contributed by atoms with Crippen LogP contribution >= 0.6 is 15.9 Å². The zero-order valence-corrected chi connectivity index (χ0v) is 15.3. The maximum atomic E-state index is 12.0. The molecule has 6 nitrogen and oxygen atoms in total. The minimum absolute atomic E-state index is 0.129. The van der Waals surface area contributed by atoms with E-state index in [-0.39, 0.29) is 18.2 Å². The van der Waals surface area contributed by atoms with E-state index in [9.17, 15) is 9.90 Å². The van der Waals surface area contributed by atoms with Crippen molar-refractivity contribution in [2.75, 3.05) is 6.61 Å². The van der Waals surface area contributed by atoms with Gasteiger partial charge >= 0.3 is 5.91 Å². The van der Waals surface area contributed by atoms with E-state index in [1.54, 1.807) is 12.1 Å². The van der Waals surface area contributed by atoms with Crippen molar-refractivity contribution in [2.45, 2.75) is 13.8 Å². The van der Waals surface area contributed by atoms with Crippen LogP contribution in [0.3, 0.4) is 0 Å². The van der Waals surface area contributed by atoms with Crippen molar-refractivity contribution in [1.82, 2.24) is 4.98 Å². The Morgan fingerprint density at radius 3 is 2.80 bits per heavy atom.